The molecule has 1 saturated heterocycles. The predicted octanol–water partition coefficient (Wildman–Crippen LogP) is 1.68. The van der Waals surface area contributed by atoms with Crippen molar-refractivity contribution in [3.63, 3.8) is 0 Å². The van der Waals surface area contributed by atoms with Gasteiger partial charge in [-0.3, -0.25) is 32.9 Å². The van der Waals surface area contributed by atoms with Crippen LogP contribution >= 0.6 is 15.4 Å². The molecule has 2 unspecified atom stereocenters. The van der Waals surface area contributed by atoms with Crippen LogP contribution in [-0.2, 0) is 41.4 Å². The molecule has 1 fully saturated rings. The van der Waals surface area contributed by atoms with Crippen LogP contribution < -0.4 is 5.32 Å². The lowest BCUT2D eigenvalue weighted by Gasteiger charge is -2.30. The molecule has 0 aromatic heterocycles. The van der Waals surface area contributed by atoms with E-state index < -0.39 is 38.3 Å². The molecule has 2 atom stereocenters. The van der Waals surface area contributed by atoms with Crippen molar-refractivity contribution >= 4 is 33.1 Å². The molecule has 27 heavy (non-hydrogen) atoms. The van der Waals surface area contributed by atoms with Crippen LogP contribution in [0.25, 0.3) is 0 Å². The lowest BCUT2D eigenvalue weighted by molar-refractivity contribution is -0.142. The number of likely N-dealkylation sites (tertiary alicyclic amines) is 1. The van der Waals surface area contributed by atoms with Gasteiger partial charge < -0.3 is 9.84 Å². The predicted molar refractivity (Wildman–Crippen MR) is 95.0 cm³/mol. The summed E-state index contributed by atoms with van der Waals surface area (Å²) in [5.41, 5.74) is 0. The fraction of sp³-hybridized carbons (Fsp3) is 0.786. The van der Waals surface area contributed by atoms with Crippen molar-refractivity contribution in [2.75, 3.05) is 33.9 Å². The maximum atomic E-state index is 12.7. The van der Waals surface area contributed by atoms with Gasteiger partial charge >= 0.3 is 15.4 Å². The fourth-order valence-electron chi connectivity index (χ4n) is 2.02. The van der Waals surface area contributed by atoms with Crippen LogP contribution in [0.2, 0.25) is 0 Å². The normalized spacial score (nSPS) is 19.7. The van der Waals surface area contributed by atoms with E-state index in [2.05, 4.69) is 5.32 Å². The maximum absolute atomic E-state index is 12.7. The Bertz CT molecular complexity index is 658. The lowest BCUT2D eigenvalue weighted by Crippen LogP contribution is -2.40. The summed E-state index contributed by atoms with van der Waals surface area (Å²) in [4.78, 5) is 35.6. The van der Waals surface area contributed by atoms with Crippen molar-refractivity contribution in [3.05, 3.63) is 0 Å². The fourth-order valence-corrected chi connectivity index (χ4v) is 5.74. The Hall–Kier alpha value is -1.09. The molecule has 0 aliphatic carbocycles. The third-order valence-corrected chi connectivity index (χ3v) is 8.35. The molecular formula is C14H26N2O9P2. The summed E-state index contributed by atoms with van der Waals surface area (Å²) in [7, 11) is -5.79. The van der Waals surface area contributed by atoms with Crippen molar-refractivity contribution in [1.82, 2.24) is 10.2 Å². The highest BCUT2D eigenvalue weighted by Crippen LogP contribution is 2.70. The number of nitrogens with zero attached hydrogens (tertiary/aromatic N) is 1. The van der Waals surface area contributed by atoms with Crippen LogP contribution in [0.5, 0.6) is 0 Å². The molecule has 13 heteroatoms. The average molecular weight is 428 g/mol. The minimum absolute atomic E-state index is 0.0942. The first kappa shape index (κ1) is 23.9. The average Bonchev–Trinajstić information content (AvgIpc) is 2.89. The molecule has 1 heterocycles. The Morgan fingerprint density at radius 1 is 1.11 bits per heavy atom. The lowest BCUT2D eigenvalue weighted by atomic mass is 10.3. The van der Waals surface area contributed by atoms with E-state index in [0.29, 0.717) is 0 Å². The topological polar surface area (TPSA) is 138 Å². The van der Waals surface area contributed by atoms with Gasteiger partial charge in [-0.15, -0.1) is 0 Å². The van der Waals surface area contributed by atoms with Gasteiger partial charge in [0.05, 0.1) is 11.8 Å². The summed E-state index contributed by atoms with van der Waals surface area (Å²) in [6.45, 7) is 3.97. The SMILES string of the molecule is COP(=O)(OCCNC(=O)CN1C(=O)CCC1=O)OP(=O)(OC)C(C)(C)C. The van der Waals surface area contributed by atoms with E-state index in [-0.39, 0.29) is 32.5 Å². The first-order valence-electron chi connectivity index (χ1n) is 8.15. The molecule has 1 aliphatic rings. The first-order chi connectivity index (χ1) is 12.4. The summed E-state index contributed by atoms with van der Waals surface area (Å²) < 4.78 is 44.9. The molecule has 0 radical (unpaired) electrons. The molecule has 0 aromatic rings. The molecule has 0 spiro atoms. The van der Waals surface area contributed by atoms with E-state index in [1.54, 1.807) is 20.8 Å². The summed E-state index contributed by atoms with van der Waals surface area (Å²) in [6.07, 6.45) is 0.188. The van der Waals surface area contributed by atoms with Gasteiger partial charge in [0.1, 0.15) is 6.54 Å². The number of phosphoric ester groups is 1. The minimum atomic E-state index is -4.20. The highest BCUT2D eigenvalue weighted by molar-refractivity contribution is 7.65. The van der Waals surface area contributed by atoms with Crippen molar-refractivity contribution in [3.8, 4) is 0 Å². The minimum Gasteiger partial charge on any atom is -0.352 e. The molecule has 1 N–H and O–H groups in total. The van der Waals surface area contributed by atoms with Gasteiger partial charge in [0.2, 0.25) is 17.7 Å². The standard InChI is InChI=1S/C14H26N2O9P2/c1-14(2,3)26(20,22-4)25-27(21,23-5)24-9-8-15-11(17)10-16-12(18)6-7-13(16)19/h6-10H2,1-5H3,(H,15,17). The zero-order valence-electron chi connectivity index (χ0n) is 16.1. The molecule has 3 amide bonds. The largest absolute Gasteiger partial charge is 0.481 e. The maximum Gasteiger partial charge on any atom is 0.481 e. The van der Waals surface area contributed by atoms with Crippen LogP contribution in [0.1, 0.15) is 33.6 Å². The molecule has 0 aromatic carbocycles. The third-order valence-electron chi connectivity index (χ3n) is 3.62. The van der Waals surface area contributed by atoms with Gasteiger partial charge in [0.25, 0.3) is 0 Å². The molecule has 0 bridgehead atoms. The summed E-state index contributed by atoms with van der Waals surface area (Å²) in [5.74, 6) is -1.38. The number of imide groups is 1. The van der Waals surface area contributed by atoms with E-state index in [0.717, 1.165) is 19.1 Å². The second kappa shape index (κ2) is 9.41. The number of carbonyl (C=O) groups is 3. The monoisotopic (exact) mass is 428 g/mol. The van der Waals surface area contributed by atoms with Gasteiger partial charge in [0, 0.05) is 33.6 Å². The molecule has 1 rings (SSSR count). The smallest absolute Gasteiger partial charge is 0.352 e. The number of hydrogen-bond donors (Lipinski definition) is 1. The molecule has 156 valence electrons. The van der Waals surface area contributed by atoms with E-state index in [1.165, 1.54) is 0 Å². The number of phosphoric acid groups is 1. The number of carbonyl (C=O) groups excluding carboxylic acids is 3. The van der Waals surface area contributed by atoms with E-state index in [1.807, 2.05) is 0 Å². The number of amides is 3. The Morgan fingerprint density at radius 2 is 1.67 bits per heavy atom. The summed E-state index contributed by atoms with van der Waals surface area (Å²) >= 11 is 0. The van der Waals surface area contributed by atoms with Gasteiger partial charge in [-0.25, -0.2) is 8.88 Å². The molecule has 11 nitrogen and oxygen atoms in total. The van der Waals surface area contributed by atoms with Crippen LogP contribution in [0.15, 0.2) is 0 Å². The van der Waals surface area contributed by atoms with Gasteiger partial charge in [0.15, 0.2) is 0 Å². The number of rotatable bonds is 10. The quantitative estimate of drug-likeness (QED) is 0.313. The highest BCUT2D eigenvalue weighted by Gasteiger charge is 2.46. The van der Waals surface area contributed by atoms with Crippen LogP contribution in [0.4, 0.5) is 0 Å². The molecule has 0 saturated carbocycles. The second-order valence-electron chi connectivity index (χ2n) is 6.62. The first-order valence-corrected chi connectivity index (χ1v) is 11.2. The zero-order chi connectivity index (χ0) is 20.9. The summed E-state index contributed by atoms with van der Waals surface area (Å²) in [6, 6.07) is 0. The highest BCUT2D eigenvalue weighted by atomic mass is 31.3. The van der Waals surface area contributed by atoms with Crippen molar-refractivity contribution in [1.29, 1.82) is 0 Å². The van der Waals surface area contributed by atoms with Crippen LogP contribution in [-0.4, -0.2) is 61.7 Å². The van der Waals surface area contributed by atoms with E-state index in [4.69, 9.17) is 17.9 Å². The van der Waals surface area contributed by atoms with Gasteiger partial charge in [-0.2, -0.15) is 0 Å². The molecule has 1 aliphatic heterocycles. The van der Waals surface area contributed by atoms with E-state index in [9.17, 15) is 23.5 Å². The number of nitrogens with one attached hydrogen (secondary N) is 1. The van der Waals surface area contributed by atoms with Gasteiger partial charge in [-0.05, 0) is 20.8 Å². The van der Waals surface area contributed by atoms with E-state index >= 15 is 0 Å². The Morgan fingerprint density at radius 3 is 2.11 bits per heavy atom. The Balaban J connectivity index is 2.51. The van der Waals surface area contributed by atoms with Crippen molar-refractivity contribution in [2.45, 2.75) is 38.8 Å². The molecular weight excluding hydrogens is 402 g/mol. The van der Waals surface area contributed by atoms with Crippen molar-refractivity contribution in [2.24, 2.45) is 0 Å². The Kier molecular flexibility index (Phi) is 8.34. The summed E-state index contributed by atoms with van der Waals surface area (Å²) in [5, 5.41) is 1.44. The van der Waals surface area contributed by atoms with Crippen molar-refractivity contribution < 1.29 is 41.4 Å². The Labute approximate surface area is 158 Å². The second-order valence-corrected chi connectivity index (χ2v) is 11.5. The number of hydrogen-bond acceptors (Lipinski definition) is 9. The zero-order valence-corrected chi connectivity index (χ0v) is 17.8. The third kappa shape index (κ3) is 6.48. The van der Waals surface area contributed by atoms with Crippen LogP contribution in [0, 0.1) is 0 Å². The van der Waals surface area contributed by atoms with Crippen LogP contribution in [0.3, 0.4) is 0 Å². The van der Waals surface area contributed by atoms with Gasteiger partial charge in [-0.1, -0.05) is 0 Å².